The lowest BCUT2D eigenvalue weighted by atomic mass is 10.0. The SMILES string of the molecule is CCn1cnnc1CCNC(=O)c1cccc(-c2cc(C)c(C)[nH]c2=O)c1. The molecular weight excluding hydrogens is 342 g/mol. The number of aromatic nitrogens is 4. The van der Waals surface area contributed by atoms with E-state index >= 15 is 0 Å². The molecule has 1 amide bonds. The zero-order chi connectivity index (χ0) is 19.4. The molecule has 0 spiro atoms. The van der Waals surface area contributed by atoms with Gasteiger partial charge < -0.3 is 14.9 Å². The van der Waals surface area contributed by atoms with Crippen molar-refractivity contribution in [1.29, 1.82) is 0 Å². The van der Waals surface area contributed by atoms with Crippen molar-refractivity contribution < 1.29 is 4.79 Å². The number of nitrogens with one attached hydrogen (secondary N) is 2. The molecule has 2 heterocycles. The highest BCUT2D eigenvalue weighted by atomic mass is 16.1. The number of carbonyl (C=O) groups is 1. The molecule has 0 radical (unpaired) electrons. The molecule has 2 aromatic heterocycles. The summed E-state index contributed by atoms with van der Waals surface area (Å²) in [6, 6.07) is 8.95. The fourth-order valence-corrected chi connectivity index (χ4v) is 2.90. The highest BCUT2D eigenvalue weighted by molar-refractivity contribution is 5.95. The Morgan fingerprint density at radius 3 is 2.85 bits per heavy atom. The average molecular weight is 365 g/mol. The van der Waals surface area contributed by atoms with Crippen LogP contribution in [-0.4, -0.2) is 32.2 Å². The number of nitrogens with zero attached hydrogens (tertiary/aromatic N) is 3. The number of carbonyl (C=O) groups excluding carboxylic acids is 1. The smallest absolute Gasteiger partial charge is 0.256 e. The minimum atomic E-state index is -0.181. The van der Waals surface area contributed by atoms with Crippen LogP contribution in [0.3, 0.4) is 0 Å². The van der Waals surface area contributed by atoms with Gasteiger partial charge in [0.25, 0.3) is 11.5 Å². The van der Waals surface area contributed by atoms with Crippen LogP contribution >= 0.6 is 0 Å². The summed E-state index contributed by atoms with van der Waals surface area (Å²) < 4.78 is 1.94. The van der Waals surface area contributed by atoms with Gasteiger partial charge in [-0.05, 0) is 50.1 Å². The lowest BCUT2D eigenvalue weighted by Gasteiger charge is -2.08. The fourth-order valence-electron chi connectivity index (χ4n) is 2.90. The highest BCUT2D eigenvalue weighted by Gasteiger charge is 2.11. The zero-order valence-corrected chi connectivity index (χ0v) is 15.7. The van der Waals surface area contributed by atoms with Crippen molar-refractivity contribution >= 4 is 5.91 Å². The molecule has 0 aliphatic rings. The van der Waals surface area contributed by atoms with Crippen LogP contribution in [0.25, 0.3) is 11.1 Å². The Morgan fingerprint density at radius 2 is 2.07 bits per heavy atom. The molecule has 7 heteroatoms. The van der Waals surface area contributed by atoms with E-state index in [0.29, 0.717) is 24.1 Å². The van der Waals surface area contributed by atoms with E-state index in [1.165, 1.54) is 0 Å². The van der Waals surface area contributed by atoms with Crippen molar-refractivity contribution in [2.75, 3.05) is 6.54 Å². The Labute approximate surface area is 157 Å². The number of hydrogen-bond acceptors (Lipinski definition) is 4. The van der Waals surface area contributed by atoms with Gasteiger partial charge in [-0.25, -0.2) is 0 Å². The molecule has 0 aliphatic heterocycles. The summed E-state index contributed by atoms with van der Waals surface area (Å²) in [4.78, 5) is 27.6. The summed E-state index contributed by atoms with van der Waals surface area (Å²) >= 11 is 0. The van der Waals surface area contributed by atoms with Crippen molar-refractivity contribution in [2.45, 2.75) is 33.7 Å². The molecule has 0 atom stereocenters. The normalized spacial score (nSPS) is 10.8. The summed E-state index contributed by atoms with van der Waals surface area (Å²) in [6.45, 7) is 7.09. The molecule has 1 aromatic carbocycles. The van der Waals surface area contributed by atoms with Gasteiger partial charge in [0.1, 0.15) is 12.2 Å². The van der Waals surface area contributed by atoms with Crippen molar-refractivity contribution in [1.82, 2.24) is 25.1 Å². The maximum absolute atomic E-state index is 12.5. The van der Waals surface area contributed by atoms with E-state index < -0.39 is 0 Å². The fraction of sp³-hybridized carbons (Fsp3) is 0.300. The number of hydrogen-bond donors (Lipinski definition) is 2. The van der Waals surface area contributed by atoms with Crippen LogP contribution in [0.2, 0.25) is 0 Å². The maximum Gasteiger partial charge on any atom is 0.256 e. The molecule has 0 saturated carbocycles. The molecule has 0 fully saturated rings. The lowest BCUT2D eigenvalue weighted by Crippen LogP contribution is -2.26. The molecule has 3 aromatic rings. The quantitative estimate of drug-likeness (QED) is 0.701. The number of aromatic amines is 1. The van der Waals surface area contributed by atoms with Crippen LogP contribution in [0.15, 0.2) is 41.5 Å². The van der Waals surface area contributed by atoms with E-state index in [2.05, 4.69) is 20.5 Å². The van der Waals surface area contributed by atoms with Gasteiger partial charge in [-0.15, -0.1) is 10.2 Å². The molecule has 27 heavy (non-hydrogen) atoms. The van der Waals surface area contributed by atoms with E-state index in [4.69, 9.17) is 0 Å². The molecule has 3 rings (SSSR count). The molecule has 0 saturated heterocycles. The Bertz CT molecular complexity index is 1020. The Balaban J connectivity index is 1.72. The molecule has 0 bridgehead atoms. The van der Waals surface area contributed by atoms with E-state index in [1.807, 2.05) is 37.5 Å². The van der Waals surface area contributed by atoms with Crippen molar-refractivity contribution in [3.63, 3.8) is 0 Å². The molecule has 7 nitrogen and oxygen atoms in total. The van der Waals surface area contributed by atoms with Crippen LogP contribution in [0.4, 0.5) is 0 Å². The van der Waals surface area contributed by atoms with Gasteiger partial charge in [-0.3, -0.25) is 9.59 Å². The predicted molar refractivity (Wildman–Crippen MR) is 104 cm³/mol. The first-order chi connectivity index (χ1) is 13.0. The van der Waals surface area contributed by atoms with Crippen molar-refractivity contribution in [3.05, 3.63) is 69.7 Å². The highest BCUT2D eigenvalue weighted by Crippen LogP contribution is 2.18. The Kier molecular flexibility index (Phi) is 5.49. The molecule has 0 aliphatic carbocycles. The second kappa shape index (κ2) is 7.99. The second-order valence-electron chi connectivity index (χ2n) is 6.44. The third-order valence-electron chi connectivity index (χ3n) is 4.60. The van der Waals surface area contributed by atoms with E-state index in [0.717, 1.165) is 29.2 Å². The predicted octanol–water partition coefficient (Wildman–Crippen LogP) is 2.24. The topological polar surface area (TPSA) is 92.7 Å². The number of pyridine rings is 1. The maximum atomic E-state index is 12.5. The van der Waals surface area contributed by atoms with Crippen molar-refractivity contribution in [3.8, 4) is 11.1 Å². The van der Waals surface area contributed by atoms with Gasteiger partial charge in [0.2, 0.25) is 0 Å². The molecule has 0 unspecified atom stereocenters. The minimum absolute atomic E-state index is 0.158. The first-order valence-electron chi connectivity index (χ1n) is 8.95. The summed E-state index contributed by atoms with van der Waals surface area (Å²) in [7, 11) is 0. The summed E-state index contributed by atoms with van der Waals surface area (Å²) in [6.07, 6.45) is 2.29. The van der Waals surface area contributed by atoms with Crippen LogP contribution in [0.5, 0.6) is 0 Å². The van der Waals surface area contributed by atoms with Crippen molar-refractivity contribution in [2.24, 2.45) is 0 Å². The van der Waals surface area contributed by atoms with Gasteiger partial charge >= 0.3 is 0 Å². The number of benzene rings is 1. The lowest BCUT2D eigenvalue weighted by molar-refractivity contribution is 0.0954. The zero-order valence-electron chi connectivity index (χ0n) is 15.7. The monoisotopic (exact) mass is 365 g/mol. The number of amides is 1. The molecule has 2 N–H and O–H groups in total. The Hall–Kier alpha value is -3.22. The number of aryl methyl sites for hydroxylation is 3. The van der Waals surface area contributed by atoms with E-state index in [9.17, 15) is 9.59 Å². The van der Waals surface area contributed by atoms with E-state index in [1.54, 1.807) is 24.5 Å². The minimum Gasteiger partial charge on any atom is -0.352 e. The van der Waals surface area contributed by atoms with Gasteiger partial charge in [-0.1, -0.05) is 12.1 Å². The van der Waals surface area contributed by atoms with Crippen LogP contribution in [-0.2, 0) is 13.0 Å². The summed E-state index contributed by atoms with van der Waals surface area (Å²) in [5.41, 5.74) is 3.48. The third kappa shape index (κ3) is 4.13. The van der Waals surface area contributed by atoms with Gasteiger partial charge in [0, 0.05) is 36.3 Å². The molecular formula is C20H23N5O2. The second-order valence-corrected chi connectivity index (χ2v) is 6.44. The first-order valence-corrected chi connectivity index (χ1v) is 8.95. The van der Waals surface area contributed by atoms with Crippen LogP contribution < -0.4 is 10.9 Å². The summed E-state index contributed by atoms with van der Waals surface area (Å²) in [5.74, 6) is 0.660. The van der Waals surface area contributed by atoms with E-state index in [-0.39, 0.29) is 11.5 Å². The van der Waals surface area contributed by atoms with Gasteiger partial charge in [0.05, 0.1) is 0 Å². The standard InChI is InChI=1S/C20H23N5O2/c1-4-25-12-22-24-18(25)8-9-21-19(26)16-7-5-6-15(11-16)17-10-13(2)14(3)23-20(17)27/h5-7,10-12H,4,8-9H2,1-3H3,(H,21,26)(H,23,27). The number of H-pyrrole nitrogens is 1. The first kappa shape index (κ1) is 18.6. The number of rotatable bonds is 6. The summed E-state index contributed by atoms with van der Waals surface area (Å²) in [5, 5.41) is 10.8. The van der Waals surface area contributed by atoms with Crippen LogP contribution in [0, 0.1) is 13.8 Å². The Morgan fingerprint density at radius 1 is 1.26 bits per heavy atom. The third-order valence-corrected chi connectivity index (χ3v) is 4.60. The van der Waals surface area contributed by atoms with Gasteiger partial charge in [0.15, 0.2) is 0 Å². The largest absolute Gasteiger partial charge is 0.352 e. The van der Waals surface area contributed by atoms with Crippen LogP contribution in [0.1, 0.15) is 34.4 Å². The van der Waals surface area contributed by atoms with Gasteiger partial charge in [-0.2, -0.15) is 0 Å². The average Bonchev–Trinajstić information content (AvgIpc) is 3.12. The molecule has 140 valence electrons.